The summed E-state index contributed by atoms with van der Waals surface area (Å²) in [6.45, 7) is 0.667. The molecule has 2 aromatic carbocycles. The topological polar surface area (TPSA) is 29.3 Å². The number of hydrogen-bond donors (Lipinski definition) is 1. The number of nitrogens with two attached hydrogens (primary N) is 1. The van der Waals surface area contributed by atoms with Crippen molar-refractivity contribution in [1.82, 2.24) is 0 Å². The minimum absolute atomic E-state index is 0.326. The van der Waals surface area contributed by atoms with Gasteiger partial charge in [0, 0.05) is 30.0 Å². The molecule has 0 heterocycles. The third-order valence-corrected chi connectivity index (χ3v) is 2.93. The van der Waals surface area contributed by atoms with Crippen LogP contribution in [0.4, 0.5) is 15.8 Å². The molecule has 94 valence electrons. The van der Waals surface area contributed by atoms with Gasteiger partial charge in [-0.05, 0) is 35.9 Å². The highest BCUT2D eigenvalue weighted by atomic mass is 35.5. The average molecular weight is 265 g/mol. The van der Waals surface area contributed by atoms with Crippen molar-refractivity contribution in [2.45, 2.75) is 6.54 Å². The molecule has 0 bridgehead atoms. The molecule has 0 unspecified atom stereocenters. The monoisotopic (exact) mass is 264 g/mol. The van der Waals surface area contributed by atoms with Crippen LogP contribution in [0.15, 0.2) is 42.5 Å². The summed E-state index contributed by atoms with van der Waals surface area (Å²) in [6, 6.07) is 12.1. The van der Waals surface area contributed by atoms with Crippen molar-refractivity contribution in [3.8, 4) is 0 Å². The van der Waals surface area contributed by atoms with E-state index in [9.17, 15) is 4.39 Å². The van der Waals surface area contributed by atoms with E-state index in [1.54, 1.807) is 6.07 Å². The first kappa shape index (κ1) is 12.7. The first-order valence-corrected chi connectivity index (χ1v) is 5.94. The highest BCUT2D eigenvalue weighted by Crippen LogP contribution is 2.21. The van der Waals surface area contributed by atoms with Crippen LogP contribution in [0, 0.1) is 5.82 Å². The molecule has 0 radical (unpaired) electrons. The average Bonchev–Trinajstić information content (AvgIpc) is 2.31. The third kappa shape index (κ3) is 3.14. The number of halogens is 2. The Kier molecular flexibility index (Phi) is 3.72. The second-order valence-corrected chi connectivity index (χ2v) is 4.66. The Morgan fingerprint density at radius 3 is 2.44 bits per heavy atom. The van der Waals surface area contributed by atoms with Gasteiger partial charge in [-0.2, -0.15) is 0 Å². The van der Waals surface area contributed by atoms with Crippen LogP contribution in [0.3, 0.4) is 0 Å². The smallest absolute Gasteiger partial charge is 0.127 e. The van der Waals surface area contributed by atoms with E-state index >= 15 is 0 Å². The van der Waals surface area contributed by atoms with Crippen molar-refractivity contribution in [3.63, 3.8) is 0 Å². The number of rotatable bonds is 3. The third-order valence-electron chi connectivity index (χ3n) is 2.68. The minimum atomic E-state index is -0.326. The summed E-state index contributed by atoms with van der Waals surface area (Å²) < 4.78 is 13.3. The molecule has 2 N–H and O–H groups in total. The van der Waals surface area contributed by atoms with Gasteiger partial charge in [0.25, 0.3) is 0 Å². The van der Waals surface area contributed by atoms with Gasteiger partial charge in [-0.3, -0.25) is 0 Å². The van der Waals surface area contributed by atoms with Crippen LogP contribution in [0.25, 0.3) is 0 Å². The van der Waals surface area contributed by atoms with Crippen molar-refractivity contribution < 1.29 is 4.39 Å². The molecule has 0 fully saturated rings. The molecule has 0 amide bonds. The molecule has 0 aromatic heterocycles. The predicted octanol–water partition coefficient (Wildman–Crippen LogP) is 3.70. The normalized spacial score (nSPS) is 10.4. The lowest BCUT2D eigenvalue weighted by Crippen LogP contribution is -2.16. The van der Waals surface area contributed by atoms with Gasteiger partial charge in [0.2, 0.25) is 0 Å². The van der Waals surface area contributed by atoms with Crippen molar-refractivity contribution >= 4 is 23.0 Å². The molecule has 2 rings (SSSR count). The van der Waals surface area contributed by atoms with Gasteiger partial charge in [-0.15, -0.1) is 0 Å². The number of nitrogen functional groups attached to an aromatic ring is 1. The van der Waals surface area contributed by atoms with E-state index in [1.165, 1.54) is 12.1 Å². The molecule has 0 saturated heterocycles. The molecule has 0 aliphatic rings. The summed E-state index contributed by atoms with van der Waals surface area (Å²) in [7, 11) is 1.89. The van der Waals surface area contributed by atoms with E-state index in [4.69, 9.17) is 17.3 Å². The molecule has 0 aliphatic carbocycles. The Morgan fingerprint density at radius 1 is 1.17 bits per heavy atom. The fraction of sp³-hybridized carbons (Fsp3) is 0.143. The minimum Gasteiger partial charge on any atom is -0.399 e. The SMILES string of the molecule is CN(Cc1ccc(Cl)cc1)c1cc(N)cc(F)c1. The Balaban J connectivity index is 2.16. The molecular weight excluding hydrogens is 251 g/mol. The van der Waals surface area contributed by atoms with E-state index in [0.29, 0.717) is 17.3 Å². The van der Waals surface area contributed by atoms with Gasteiger partial charge in [0.05, 0.1) is 0 Å². The number of anilines is 2. The quantitative estimate of drug-likeness (QED) is 0.857. The summed E-state index contributed by atoms with van der Waals surface area (Å²) in [6.07, 6.45) is 0. The Labute approximate surface area is 111 Å². The fourth-order valence-electron chi connectivity index (χ4n) is 1.77. The first-order valence-electron chi connectivity index (χ1n) is 5.56. The Morgan fingerprint density at radius 2 is 1.83 bits per heavy atom. The predicted molar refractivity (Wildman–Crippen MR) is 74.4 cm³/mol. The van der Waals surface area contributed by atoms with Gasteiger partial charge >= 0.3 is 0 Å². The zero-order valence-corrected chi connectivity index (χ0v) is 10.8. The molecule has 18 heavy (non-hydrogen) atoms. The van der Waals surface area contributed by atoms with E-state index in [2.05, 4.69) is 0 Å². The molecular formula is C14H14ClFN2. The highest BCUT2D eigenvalue weighted by molar-refractivity contribution is 6.30. The van der Waals surface area contributed by atoms with Crippen LogP contribution < -0.4 is 10.6 Å². The van der Waals surface area contributed by atoms with E-state index in [0.717, 1.165) is 11.3 Å². The van der Waals surface area contributed by atoms with Gasteiger partial charge in [0.15, 0.2) is 0 Å². The van der Waals surface area contributed by atoms with Crippen LogP contribution in [-0.2, 0) is 6.54 Å². The molecule has 4 heteroatoms. The van der Waals surface area contributed by atoms with Gasteiger partial charge in [-0.25, -0.2) is 4.39 Å². The zero-order chi connectivity index (χ0) is 13.1. The van der Waals surface area contributed by atoms with Gasteiger partial charge in [-0.1, -0.05) is 23.7 Å². The summed E-state index contributed by atoms with van der Waals surface area (Å²) in [5.74, 6) is -0.326. The number of nitrogens with zero attached hydrogens (tertiary/aromatic N) is 1. The molecule has 2 nitrogen and oxygen atoms in total. The largest absolute Gasteiger partial charge is 0.399 e. The summed E-state index contributed by atoms with van der Waals surface area (Å²) in [5.41, 5.74) is 7.90. The Bertz CT molecular complexity index is 520. The second kappa shape index (κ2) is 5.27. The first-order chi connectivity index (χ1) is 8.54. The molecule has 0 saturated carbocycles. The van der Waals surface area contributed by atoms with Crippen molar-refractivity contribution in [2.75, 3.05) is 17.7 Å². The van der Waals surface area contributed by atoms with Crippen LogP contribution in [0.5, 0.6) is 0 Å². The summed E-state index contributed by atoms with van der Waals surface area (Å²) >= 11 is 5.83. The van der Waals surface area contributed by atoms with Crippen molar-refractivity contribution in [3.05, 3.63) is 58.9 Å². The Hall–Kier alpha value is -1.74. The van der Waals surface area contributed by atoms with E-state index < -0.39 is 0 Å². The van der Waals surface area contributed by atoms with Crippen molar-refractivity contribution in [2.24, 2.45) is 0 Å². The van der Waals surface area contributed by atoms with Crippen LogP contribution in [0.1, 0.15) is 5.56 Å². The fourth-order valence-corrected chi connectivity index (χ4v) is 1.90. The maximum absolute atomic E-state index is 13.3. The van der Waals surface area contributed by atoms with Gasteiger partial charge in [0.1, 0.15) is 5.82 Å². The van der Waals surface area contributed by atoms with Gasteiger partial charge < -0.3 is 10.6 Å². The summed E-state index contributed by atoms with van der Waals surface area (Å²) in [5, 5.41) is 0.705. The van der Waals surface area contributed by atoms with Crippen LogP contribution in [-0.4, -0.2) is 7.05 Å². The zero-order valence-electron chi connectivity index (χ0n) is 10.0. The summed E-state index contributed by atoms with van der Waals surface area (Å²) in [4.78, 5) is 1.93. The molecule has 0 atom stereocenters. The maximum Gasteiger partial charge on any atom is 0.127 e. The van der Waals surface area contributed by atoms with Crippen LogP contribution in [0.2, 0.25) is 5.02 Å². The van der Waals surface area contributed by atoms with E-state index in [1.807, 2.05) is 36.2 Å². The molecule has 0 aliphatic heterocycles. The van der Waals surface area contributed by atoms with Crippen molar-refractivity contribution in [1.29, 1.82) is 0 Å². The highest BCUT2D eigenvalue weighted by Gasteiger charge is 2.05. The number of hydrogen-bond acceptors (Lipinski definition) is 2. The standard InChI is InChI=1S/C14H14ClFN2/c1-18(9-10-2-4-11(15)5-3-10)14-7-12(16)6-13(17)8-14/h2-8H,9,17H2,1H3. The number of benzene rings is 2. The second-order valence-electron chi connectivity index (χ2n) is 4.23. The van der Waals surface area contributed by atoms with E-state index in [-0.39, 0.29) is 5.82 Å². The molecule has 2 aromatic rings. The molecule has 0 spiro atoms. The lowest BCUT2D eigenvalue weighted by molar-refractivity contribution is 0.628. The van der Waals surface area contributed by atoms with Crippen LogP contribution >= 0.6 is 11.6 Å². The lowest BCUT2D eigenvalue weighted by Gasteiger charge is -2.20. The lowest BCUT2D eigenvalue weighted by atomic mass is 10.2. The maximum atomic E-state index is 13.3.